The number of carboxylic acid groups (broad SMARTS) is 1. The minimum atomic E-state index is -1.31. The van der Waals surface area contributed by atoms with Crippen molar-refractivity contribution in [3.05, 3.63) is 46.1 Å². The number of carbonyl (C=O) groups excluding carboxylic acids is 3. The molecule has 0 unspecified atom stereocenters. The van der Waals surface area contributed by atoms with E-state index in [1.807, 2.05) is 0 Å². The molecule has 2 N–H and O–H groups in total. The molecule has 31 heavy (non-hydrogen) atoms. The molecule has 1 fully saturated rings. The van der Waals surface area contributed by atoms with Crippen molar-refractivity contribution in [2.45, 2.75) is 24.9 Å². The Balaban J connectivity index is 1.56. The summed E-state index contributed by atoms with van der Waals surface area (Å²) in [5.41, 5.74) is 0.788. The lowest BCUT2D eigenvalue weighted by molar-refractivity contribution is -0.150. The van der Waals surface area contributed by atoms with Crippen LogP contribution >= 0.6 is 23.4 Å². The number of oxime groups is 1. The molecule has 2 aliphatic heterocycles. The number of ether oxygens (including phenoxy) is 1. The molecule has 0 saturated carbocycles. The number of aliphatic carboxylic acids is 1. The van der Waals surface area contributed by atoms with E-state index in [4.69, 9.17) is 21.2 Å². The third-order valence-electron chi connectivity index (χ3n) is 4.42. The predicted octanol–water partition coefficient (Wildman–Crippen LogP) is 1.14. The number of hydrogen-bond acceptors (Lipinski definition) is 8. The second-order valence-electron chi connectivity index (χ2n) is 6.53. The van der Waals surface area contributed by atoms with Gasteiger partial charge in [-0.2, -0.15) is 0 Å². The molecule has 0 bridgehead atoms. The maximum Gasteiger partial charge on any atom is 0.352 e. The van der Waals surface area contributed by atoms with E-state index in [2.05, 4.69) is 10.5 Å². The van der Waals surface area contributed by atoms with Crippen LogP contribution in [0, 0.1) is 0 Å². The molecule has 164 valence electrons. The number of nitrogens with one attached hydrogen (secondary N) is 1. The summed E-state index contributed by atoms with van der Waals surface area (Å²) in [5, 5.41) is 15.5. The number of rotatable bonds is 8. The van der Waals surface area contributed by atoms with Crippen LogP contribution < -0.4 is 5.32 Å². The van der Waals surface area contributed by atoms with Crippen LogP contribution in [0.15, 0.2) is 40.7 Å². The first-order valence-electron chi connectivity index (χ1n) is 9.02. The van der Waals surface area contributed by atoms with Gasteiger partial charge >= 0.3 is 11.9 Å². The van der Waals surface area contributed by atoms with Crippen LogP contribution in [0.5, 0.6) is 0 Å². The van der Waals surface area contributed by atoms with Crippen LogP contribution in [0.1, 0.15) is 12.5 Å². The fourth-order valence-electron chi connectivity index (χ4n) is 2.98. The molecule has 0 aliphatic carbocycles. The number of nitrogens with zero attached hydrogens (tertiary/aromatic N) is 2. The summed E-state index contributed by atoms with van der Waals surface area (Å²) in [5.74, 6) is -2.86. The first-order valence-corrected chi connectivity index (χ1v) is 10.4. The lowest BCUT2D eigenvalue weighted by Crippen LogP contribution is -2.70. The zero-order valence-electron chi connectivity index (χ0n) is 16.2. The molecule has 2 aliphatic rings. The van der Waals surface area contributed by atoms with E-state index in [0.717, 1.165) is 11.1 Å². The zero-order valence-corrected chi connectivity index (χ0v) is 17.8. The average molecular weight is 468 g/mol. The first-order chi connectivity index (χ1) is 14.8. The van der Waals surface area contributed by atoms with Crippen molar-refractivity contribution in [2.24, 2.45) is 5.16 Å². The van der Waals surface area contributed by atoms with Crippen molar-refractivity contribution in [1.29, 1.82) is 0 Å². The van der Waals surface area contributed by atoms with Crippen molar-refractivity contribution >= 4 is 53.3 Å². The van der Waals surface area contributed by atoms with Gasteiger partial charge in [-0.3, -0.25) is 19.3 Å². The van der Waals surface area contributed by atoms with Gasteiger partial charge in [-0.1, -0.05) is 35.0 Å². The van der Waals surface area contributed by atoms with Crippen LogP contribution in [0.2, 0.25) is 5.02 Å². The van der Waals surface area contributed by atoms with Crippen LogP contribution in [0.25, 0.3) is 0 Å². The number of β-lactam (4-membered cyclic amide) rings is 1. The van der Waals surface area contributed by atoms with Gasteiger partial charge in [0.15, 0.2) is 0 Å². The number of fused-ring (bicyclic) bond motifs is 1. The third-order valence-corrected chi connectivity index (χ3v) is 6.13. The van der Waals surface area contributed by atoms with Gasteiger partial charge in [0.25, 0.3) is 11.8 Å². The zero-order chi connectivity index (χ0) is 22.5. The summed E-state index contributed by atoms with van der Waals surface area (Å²) in [6.07, 6.45) is 0.889. The van der Waals surface area contributed by atoms with Gasteiger partial charge in [0.1, 0.15) is 36.5 Å². The number of thioether (sulfide) groups is 1. The number of hydrogen-bond donors (Lipinski definition) is 2. The van der Waals surface area contributed by atoms with E-state index in [0.29, 0.717) is 16.2 Å². The smallest absolute Gasteiger partial charge is 0.352 e. The van der Waals surface area contributed by atoms with E-state index in [-0.39, 0.29) is 24.7 Å². The number of halogens is 1. The lowest BCUT2D eigenvalue weighted by atomic mass is 10.0. The Kier molecular flexibility index (Phi) is 7.18. The largest absolute Gasteiger partial charge is 0.477 e. The summed E-state index contributed by atoms with van der Waals surface area (Å²) in [7, 11) is 0. The first kappa shape index (κ1) is 22.6. The average Bonchev–Trinajstić information content (AvgIpc) is 2.73. The normalized spacial score (nSPS) is 20.2. The summed E-state index contributed by atoms with van der Waals surface area (Å²) in [4.78, 5) is 53.3. The Morgan fingerprint density at radius 3 is 2.77 bits per heavy atom. The Labute approximate surface area is 186 Å². The van der Waals surface area contributed by atoms with Gasteiger partial charge < -0.3 is 20.0 Å². The molecular weight excluding hydrogens is 450 g/mol. The summed E-state index contributed by atoms with van der Waals surface area (Å²) in [6.45, 7) is 1.06. The van der Waals surface area contributed by atoms with Gasteiger partial charge in [0.05, 0.1) is 0 Å². The molecule has 12 heteroatoms. The van der Waals surface area contributed by atoms with Crippen molar-refractivity contribution < 1.29 is 33.9 Å². The van der Waals surface area contributed by atoms with Gasteiger partial charge in [0, 0.05) is 28.8 Å². The molecule has 2 heterocycles. The molecule has 0 spiro atoms. The van der Waals surface area contributed by atoms with Crippen LogP contribution in [0.4, 0.5) is 0 Å². The van der Waals surface area contributed by atoms with E-state index in [1.54, 1.807) is 24.3 Å². The molecule has 3 rings (SSSR count). The molecular formula is C19H18ClN3O7S. The monoisotopic (exact) mass is 467 g/mol. The SMILES string of the molecule is CC(=O)OCC1=C(C(=O)O)N2C(=O)[C@@H](NC(=O)/C=N/OCc3ccccc3Cl)[C@H]2SC1. The summed E-state index contributed by atoms with van der Waals surface area (Å²) >= 11 is 7.26. The van der Waals surface area contributed by atoms with Gasteiger partial charge in [-0.25, -0.2) is 4.79 Å². The predicted molar refractivity (Wildman–Crippen MR) is 111 cm³/mol. The maximum atomic E-state index is 12.5. The van der Waals surface area contributed by atoms with Crippen molar-refractivity contribution in [2.75, 3.05) is 12.4 Å². The van der Waals surface area contributed by atoms with Gasteiger partial charge in [-0.15, -0.1) is 11.8 Å². The third kappa shape index (κ3) is 5.17. The summed E-state index contributed by atoms with van der Waals surface area (Å²) < 4.78 is 4.87. The van der Waals surface area contributed by atoms with E-state index in [9.17, 15) is 24.3 Å². The molecule has 1 aromatic carbocycles. The minimum absolute atomic E-state index is 0.0654. The molecule has 2 amide bonds. The highest BCUT2D eigenvalue weighted by Gasteiger charge is 2.54. The van der Waals surface area contributed by atoms with Crippen LogP contribution in [-0.2, 0) is 35.4 Å². The molecule has 10 nitrogen and oxygen atoms in total. The topological polar surface area (TPSA) is 135 Å². The fraction of sp³-hybridized carbons (Fsp3) is 0.316. The highest BCUT2D eigenvalue weighted by molar-refractivity contribution is 8.00. The Morgan fingerprint density at radius 2 is 2.10 bits per heavy atom. The van der Waals surface area contributed by atoms with Crippen molar-refractivity contribution in [3.63, 3.8) is 0 Å². The highest BCUT2D eigenvalue weighted by Crippen LogP contribution is 2.40. The standard InChI is InChI=1S/C19H18ClN3O7S/c1-10(24)29-7-12-9-31-18-15(17(26)23(18)16(12)19(27)28)22-14(25)6-21-30-8-11-4-2-3-5-13(11)20/h2-6,15,18H,7-9H2,1H3,(H,22,25)(H,27,28)/b21-6+/t15-,18-/m1/s1. The number of carboxylic acids is 1. The van der Waals surface area contributed by atoms with E-state index >= 15 is 0 Å². The van der Waals surface area contributed by atoms with Crippen LogP contribution in [-0.4, -0.2) is 63.7 Å². The van der Waals surface area contributed by atoms with Gasteiger partial charge in [-0.05, 0) is 6.07 Å². The second-order valence-corrected chi connectivity index (χ2v) is 8.05. The van der Waals surface area contributed by atoms with Crippen molar-refractivity contribution in [1.82, 2.24) is 10.2 Å². The molecule has 1 aromatic rings. The van der Waals surface area contributed by atoms with Crippen molar-refractivity contribution in [3.8, 4) is 0 Å². The molecule has 0 radical (unpaired) electrons. The number of amides is 2. The van der Waals surface area contributed by atoms with E-state index in [1.165, 1.54) is 18.7 Å². The van der Waals surface area contributed by atoms with Gasteiger partial charge in [0.2, 0.25) is 0 Å². The second kappa shape index (κ2) is 9.84. The Morgan fingerprint density at radius 1 is 1.35 bits per heavy atom. The summed E-state index contributed by atoms with van der Waals surface area (Å²) in [6, 6.07) is 6.10. The number of carbonyl (C=O) groups is 4. The van der Waals surface area contributed by atoms with E-state index < -0.39 is 35.2 Å². The molecule has 2 atom stereocenters. The number of benzene rings is 1. The Bertz CT molecular complexity index is 981. The van der Waals surface area contributed by atoms with Crippen LogP contribution in [0.3, 0.4) is 0 Å². The fourth-order valence-corrected chi connectivity index (χ4v) is 4.50. The molecule has 0 aromatic heterocycles. The Hall–Kier alpha value is -3.05. The lowest BCUT2D eigenvalue weighted by Gasteiger charge is -2.49. The maximum absolute atomic E-state index is 12.5. The molecule has 1 saturated heterocycles. The quantitative estimate of drug-likeness (QED) is 0.251. The highest BCUT2D eigenvalue weighted by atomic mass is 35.5. The number of esters is 1. The minimum Gasteiger partial charge on any atom is -0.477 e.